The van der Waals surface area contributed by atoms with Crippen LogP contribution in [0.3, 0.4) is 0 Å². The molecule has 6 nitrogen and oxygen atoms in total. The summed E-state index contributed by atoms with van der Waals surface area (Å²) in [6.45, 7) is 1.42. The predicted octanol–water partition coefficient (Wildman–Crippen LogP) is 1.09. The summed E-state index contributed by atoms with van der Waals surface area (Å²) >= 11 is 0. The zero-order valence-corrected chi connectivity index (χ0v) is 11.4. The highest BCUT2D eigenvalue weighted by Crippen LogP contribution is 2.28. The van der Waals surface area contributed by atoms with Crippen LogP contribution in [0.25, 0.3) is 0 Å². The van der Waals surface area contributed by atoms with Gasteiger partial charge in [0.05, 0.1) is 6.54 Å². The Labute approximate surface area is 113 Å². The second kappa shape index (κ2) is 7.33. The molecule has 0 radical (unpaired) electrons. The monoisotopic (exact) mass is 272 g/mol. The second-order valence-electron chi connectivity index (χ2n) is 5.48. The van der Waals surface area contributed by atoms with Gasteiger partial charge in [-0.2, -0.15) is 0 Å². The minimum atomic E-state index is -1.93. The molecule has 0 aromatic carbocycles. The van der Waals surface area contributed by atoms with E-state index >= 15 is 0 Å². The van der Waals surface area contributed by atoms with Crippen molar-refractivity contribution in [1.29, 1.82) is 0 Å². The third-order valence-electron chi connectivity index (χ3n) is 3.60. The molecule has 1 aliphatic rings. The van der Waals surface area contributed by atoms with Crippen molar-refractivity contribution >= 4 is 12.0 Å². The van der Waals surface area contributed by atoms with Crippen molar-refractivity contribution in [3.63, 3.8) is 0 Å². The van der Waals surface area contributed by atoms with Gasteiger partial charge in [0.2, 0.25) is 0 Å². The first kappa shape index (κ1) is 15.8. The van der Waals surface area contributed by atoms with E-state index in [1.807, 2.05) is 0 Å². The van der Waals surface area contributed by atoms with Crippen LogP contribution in [0.4, 0.5) is 4.79 Å². The Balaban J connectivity index is 2.06. The summed E-state index contributed by atoms with van der Waals surface area (Å²) < 4.78 is 0. The lowest BCUT2D eigenvalue weighted by atomic mass is 10.0. The average Bonchev–Trinajstić information content (AvgIpc) is 2.85. The summed E-state index contributed by atoms with van der Waals surface area (Å²) in [4.78, 5) is 22.0. The van der Waals surface area contributed by atoms with Gasteiger partial charge in [-0.05, 0) is 25.7 Å². The molecule has 0 spiro atoms. The van der Waals surface area contributed by atoms with E-state index in [2.05, 4.69) is 10.6 Å². The third-order valence-corrected chi connectivity index (χ3v) is 3.60. The van der Waals surface area contributed by atoms with Gasteiger partial charge in [-0.25, -0.2) is 9.59 Å². The lowest BCUT2D eigenvalue weighted by Gasteiger charge is -2.18. The first-order valence-electron chi connectivity index (χ1n) is 6.89. The zero-order chi connectivity index (χ0) is 14.3. The highest BCUT2D eigenvalue weighted by molar-refractivity contribution is 5.79. The summed E-state index contributed by atoms with van der Waals surface area (Å²) in [5, 5.41) is 23.1. The highest BCUT2D eigenvalue weighted by atomic mass is 16.4. The number of amides is 2. The van der Waals surface area contributed by atoms with E-state index < -0.39 is 17.6 Å². The topological polar surface area (TPSA) is 98.7 Å². The van der Waals surface area contributed by atoms with Crippen molar-refractivity contribution in [2.45, 2.75) is 51.0 Å². The quantitative estimate of drug-likeness (QED) is 0.521. The van der Waals surface area contributed by atoms with Crippen LogP contribution in [-0.2, 0) is 4.79 Å². The van der Waals surface area contributed by atoms with Crippen molar-refractivity contribution < 1.29 is 19.8 Å². The van der Waals surface area contributed by atoms with Crippen LogP contribution in [-0.4, -0.2) is 40.9 Å². The number of aliphatic carboxylic acids is 1. The van der Waals surface area contributed by atoms with Crippen LogP contribution in [0, 0.1) is 5.92 Å². The minimum absolute atomic E-state index is 0.309. The SMILES string of the molecule is CC(O)(CNC(=O)NCCCC1CCCC1)C(=O)O. The first-order valence-corrected chi connectivity index (χ1v) is 6.89. The average molecular weight is 272 g/mol. The number of rotatable bonds is 7. The molecule has 0 heterocycles. The van der Waals surface area contributed by atoms with Crippen molar-refractivity contribution in [3.05, 3.63) is 0 Å². The fraction of sp³-hybridized carbons (Fsp3) is 0.846. The molecule has 0 aliphatic heterocycles. The van der Waals surface area contributed by atoms with Crippen molar-refractivity contribution in [2.24, 2.45) is 5.92 Å². The minimum Gasteiger partial charge on any atom is -0.479 e. The Morgan fingerprint density at radius 3 is 2.47 bits per heavy atom. The van der Waals surface area contributed by atoms with Gasteiger partial charge in [0.25, 0.3) is 0 Å². The largest absolute Gasteiger partial charge is 0.479 e. The van der Waals surface area contributed by atoms with E-state index in [9.17, 15) is 14.7 Å². The molecule has 110 valence electrons. The molecule has 1 saturated carbocycles. The van der Waals surface area contributed by atoms with Crippen LogP contribution in [0.15, 0.2) is 0 Å². The number of carboxylic acid groups (broad SMARTS) is 1. The summed E-state index contributed by atoms with van der Waals surface area (Å²) in [5.41, 5.74) is -1.93. The van der Waals surface area contributed by atoms with Gasteiger partial charge in [0.15, 0.2) is 5.60 Å². The maximum Gasteiger partial charge on any atom is 0.337 e. The van der Waals surface area contributed by atoms with Crippen LogP contribution in [0.1, 0.15) is 45.4 Å². The molecule has 6 heteroatoms. The van der Waals surface area contributed by atoms with Gasteiger partial charge in [-0.1, -0.05) is 25.7 Å². The number of carbonyl (C=O) groups excluding carboxylic acids is 1. The Bertz CT molecular complexity index is 312. The van der Waals surface area contributed by atoms with E-state index in [-0.39, 0.29) is 6.54 Å². The van der Waals surface area contributed by atoms with Gasteiger partial charge in [0.1, 0.15) is 0 Å². The summed E-state index contributed by atoms with van der Waals surface area (Å²) in [5.74, 6) is -0.549. The molecule has 4 N–H and O–H groups in total. The number of hydrogen-bond acceptors (Lipinski definition) is 3. The number of urea groups is 1. The molecule has 1 aliphatic carbocycles. The number of hydrogen-bond donors (Lipinski definition) is 4. The molecule has 19 heavy (non-hydrogen) atoms. The first-order chi connectivity index (χ1) is 8.92. The fourth-order valence-corrected chi connectivity index (χ4v) is 2.28. The Morgan fingerprint density at radius 2 is 1.89 bits per heavy atom. The Morgan fingerprint density at radius 1 is 1.26 bits per heavy atom. The van der Waals surface area contributed by atoms with Gasteiger partial charge < -0.3 is 20.8 Å². The Kier molecular flexibility index (Phi) is 6.08. The Hall–Kier alpha value is -1.30. The summed E-state index contributed by atoms with van der Waals surface area (Å²) in [7, 11) is 0. The normalized spacial score (nSPS) is 18.8. The lowest BCUT2D eigenvalue weighted by molar-refractivity contribution is -0.155. The van der Waals surface area contributed by atoms with E-state index in [4.69, 9.17) is 5.11 Å². The lowest BCUT2D eigenvalue weighted by Crippen LogP contribution is -2.49. The molecular formula is C13H24N2O4. The molecular weight excluding hydrogens is 248 g/mol. The van der Waals surface area contributed by atoms with Crippen molar-refractivity contribution in [3.8, 4) is 0 Å². The molecule has 1 atom stereocenters. The second-order valence-corrected chi connectivity index (χ2v) is 5.48. The van der Waals surface area contributed by atoms with E-state index in [0.29, 0.717) is 6.54 Å². The molecule has 1 unspecified atom stereocenters. The molecule has 0 saturated heterocycles. The molecule has 1 fully saturated rings. The molecule has 0 bridgehead atoms. The summed E-state index contributed by atoms with van der Waals surface area (Å²) in [6.07, 6.45) is 7.31. The van der Waals surface area contributed by atoms with Crippen molar-refractivity contribution in [1.82, 2.24) is 10.6 Å². The number of carbonyl (C=O) groups is 2. The number of carboxylic acids is 1. The number of aliphatic hydroxyl groups is 1. The maximum atomic E-state index is 11.4. The highest BCUT2D eigenvalue weighted by Gasteiger charge is 2.30. The van der Waals surface area contributed by atoms with E-state index in [1.165, 1.54) is 25.7 Å². The smallest absolute Gasteiger partial charge is 0.337 e. The van der Waals surface area contributed by atoms with Crippen molar-refractivity contribution in [2.75, 3.05) is 13.1 Å². The van der Waals surface area contributed by atoms with Gasteiger partial charge in [-0.3, -0.25) is 0 Å². The predicted molar refractivity (Wildman–Crippen MR) is 70.9 cm³/mol. The van der Waals surface area contributed by atoms with Crippen LogP contribution >= 0.6 is 0 Å². The standard InChI is InChI=1S/C13H24N2O4/c1-13(19,11(16)17)9-15-12(18)14-8-4-7-10-5-2-3-6-10/h10,19H,2-9H2,1H3,(H,16,17)(H2,14,15,18). The molecule has 1 rings (SSSR count). The van der Waals surface area contributed by atoms with E-state index in [0.717, 1.165) is 25.7 Å². The maximum absolute atomic E-state index is 11.4. The third kappa shape index (κ3) is 5.92. The van der Waals surface area contributed by atoms with Gasteiger partial charge in [-0.15, -0.1) is 0 Å². The van der Waals surface area contributed by atoms with Crippen LogP contribution < -0.4 is 10.6 Å². The molecule has 0 aromatic heterocycles. The molecule has 2 amide bonds. The number of nitrogens with one attached hydrogen (secondary N) is 2. The van der Waals surface area contributed by atoms with Gasteiger partial charge in [0, 0.05) is 6.54 Å². The zero-order valence-electron chi connectivity index (χ0n) is 11.4. The van der Waals surface area contributed by atoms with E-state index in [1.54, 1.807) is 0 Å². The summed E-state index contributed by atoms with van der Waals surface area (Å²) in [6, 6.07) is -0.437. The fourth-order valence-electron chi connectivity index (χ4n) is 2.28. The van der Waals surface area contributed by atoms with Crippen LogP contribution in [0.5, 0.6) is 0 Å². The van der Waals surface area contributed by atoms with Crippen LogP contribution in [0.2, 0.25) is 0 Å². The molecule has 0 aromatic rings. The van der Waals surface area contributed by atoms with Gasteiger partial charge >= 0.3 is 12.0 Å².